The van der Waals surface area contributed by atoms with Gasteiger partial charge in [-0.15, -0.1) is 0 Å². The molecule has 0 saturated heterocycles. The van der Waals surface area contributed by atoms with Gasteiger partial charge in [0.25, 0.3) is 6.43 Å². The molecule has 6 heteroatoms. The summed E-state index contributed by atoms with van der Waals surface area (Å²) in [6.45, 7) is 3.65. The number of benzene rings is 1. The molecule has 1 heterocycles. The summed E-state index contributed by atoms with van der Waals surface area (Å²) in [5, 5.41) is 4.08. The van der Waals surface area contributed by atoms with E-state index in [0.29, 0.717) is 4.47 Å². The van der Waals surface area contributed by atoms with E-state index in [9.17, 15) is 13.2 Å². The molecule has 19 heavy (non-hydrogen) atoms. The van der Waals surface area contributed by atoms with Crippen LogP contribution in [0, 0.1) is 5.82 Å². The van der Waals surface area contributed by atoms with E-state index in [2.05, 4.69) is 21.0 Å². The SMILES string of the molecule is CC(C)n1cc(C(F)F)c(-c2cc(Br)ccc2F)n1. The van der Waals surface area contributed by atoms with Gasteiger partial charge < -0.3 is 0 Å². The van der Waals surface area contributed by atoms with Crippen molar-refractivity contribution >= 4 is 15.9 Å². The highest BCUT2D eigenvalue weighted by Crippen LogP contribution is 2.33. The van der Waals surface area contributed by atoms with Crippen LogP contribution in [0.5, 0.6) is 0 Å². The molecule has 0 saturated carbocycles. The first-order chi connectivity index (χ1) is 8.90. The van der Waals surface area contributed by atoms with Crippen LogP contribution in [-0.4, -0.2) is 9.78 Å². The van der Waals surface area contributed by atoms with E-state index < -0.39 is 12.2 Å². The van der Waals surface area contributed by atoms with E-state index in [-0.39, 0.29) is 22.9 Å². The van der Waals surface area contributed by atoms with Gasteiger partial charge in [0, 0.05) is 22.3 Å². The molecule has 0 spiro atoms. The summed E-state index contributed by atoms with van der Waals surface area (Å²) in [5.41, 5.74) is -0.197. The highest BCUT2D eigenvalue weighted by molar-refractivity contribution is 9.10. The molecule has 2 aromatic rings. The average molecular weight is 333 g/mol. The molecule has 102 valence electrons. The van der Waals surface area contributed by atoms with E-state index in [1.807, 2.05) is 13.8 Å². The summed E-state index contributed by atoms with van der Waals surface area (Å²) >= 11 is 3.20. The van der Waals surface area contributed by atoms with Gasteiger partial charge in [-0.2, -0.15) is 5.10 Å². The summed E-state index contributed by atoms with van der Waals surface area (Å²) in [6, 6.07) is 4.12. The van der Waals surface area contributed by atoms with E-state index in [1.54, 1.807) is 0 Å². The predicted molar refractivity (Wildman–Crippen MR) is 70.7 cm³/mol. The van der Waals surface area contributed by atoms with Crippen molar-refractivity contribution in [1.29, 1.82) is 0 Å². The smallest absolute Gasteiger partial charge is 0.267 e. The van der Waals surface area contributed by atoms with Crippen molar-refractivity contribution in [3.05, 3.63) is 40.2 Å². The zero-order valence-electron chi connectivity index (χ0n) is 10.4. The average Bonchev–Trinajstić information content (AvgIpc) is 2.77. The molecule has 0 atom stereocenters. The largest absolute Gasteiger partial charge is 0.269 e. The Morgan fingerprint density at radius 3 is 2.53 bits per heavy atom. The first-order valence-electron chi connectivity index (χ1n) is 5.72. The number of nitrogens with zero attached hydrogens (tertiary/aromatic N) is 2. The van der Waals surface area contributed by atoms with Gasteiger partial charge in [-0.3, -0.25) is 4.68 Å². The van der Waals surface area contributed by atoms with Gasteiger partial charge in [-0.25, -0.2) is 13.2 Å². The summed E-state index contributed by atoms with van der Waals surface area (Å²) in [6.07, 6.45) is -1.42. The van der Waals surface area contributed by atoms with Gasteiger partial charge in [0.15, 0.2) is 0 Å². The fourth-order valence-electron chi connectivity index (χ4n) is 1.72. The zero-order valence-corrected chi connectivity index (χ0v) is 12.0. The summed E-state index contributed by atoms with van der Waals surface area (Å²) in [4.78, 5) is 0. The van der Waals surface area contributed by atoms with Gasteiger partial charge >= 0.3 is 0 Å². The Hall–Kier alpha value is -1.30. The second kappa shape index (κ2) is 5.36. The number of hydrogen-bond acceptors (Lipinski definition) is 1. The van der Waals surface area contributed by atoms with Crippen LogP contribution in [0.2, 0.25) is 0 Å². The van der Waals surface area contributed by atoms with Crippen molar-refractivity contribution in [2.24, 2.45) is 0 Å². The molecule has 1 aromatic heterocycles. The molecule has 0 aliphatic heterocycles. The Balaban J connectivity index is 2.63. The minimum Gasteiger partial charge on any atom is -0.269 e. The molecule has 0 aliphatic carbocycles. The van der Waals surface area contributed by atoms with Gasteiger partial charge in [0.1, 0.15) is 11.5 Å². The number of halogens is 4. The molecule has 0 unspecified atom stereocenters. The molecule has 2 nitrogen and oxygen atoms in total. The second-order valence-electron chi connectivity index (χ2n) is 4.43. The Morgan fingerprint density at radius 2 is 1.95 bits per heavy atom. The monoisotopic (exact) mass is 332 g/mol. The Labute approximate surface area is 117 Å². The van der Waals surface area contributed by atoms with Crippen LogP contribution in [0.4, 0.5) is 13.2 Å². The number of alkyl halides is 2. The molecule has 0 amide bonds. The van der Waals surface area contributed by atoms with Gasteiger partial charge in [0.05, 0.1) is 5.56 Å². The Bertz CT molecular complexity index is 594. The van der Waals surface area contributed by atoms with Crippen LogP contribution in [-0.2, 0) is 0 Å². The van der Waals surface area contributed by atoms with Crippen LogP contribution < -0.4 is 0 Å². The van der Waals surface area contributed by atoms with E-state index in [4.69, 9.17) is 0 Å². The number of hydrogen-bond donors (Lipinski definition) is 0. The quantitative estimate of drug-likeness (QED) is 0.775. The van der Waals surface area contributed by atoms with Crippen LogP contribution in [0.3, 0.4) is 0 Å². The molecular weight excluding hydrogens is 321 g/mol. The van der Waals surface area contributed by atoms with Crippen LogP contribution in [0.1, 0.15) is 31.9 Å². The van der Waals surface area contributed by atoms with Crippen LogP contribution in [0.25, 0.3) is 11.3 Å². The molecule has 0 aliphatic rings. The lowest BCUT2D eigenvalue weighted by Crippen LogP contribution is -2.01. The van der Waals surface area contributed by atoms with E-state index in [0.717, 1.165) is 0 Å². The first kappa shape index (κ1) is 14.1. The van der Waals surface area contributed by atoms with Crippen molar-refractivity contribution in [1.82, 2.24) is 9.78 Å². The lowest BCUT2D eigenvalue weighted by Gasteiger charge is -2.05. The molecular formula is C13H12BrF3N2. The molecule has 0 radical (unpaired) electrons. The number of aromatic nitrogens is 2. The maximum Gasteiger partial charge on any atom is 0.267 e. The molecule has 2 rings (SSSR count). The lowest BCUT2D eigenvalue weighted by molar-refractivity contribution is 0.152. The van der Waals surface area contributed by atoms with Crippen molar-refractivity contribution < 1.29 is 13.2 Å². The van der Waals surface area contributed by atoms with Gasteiger partial charge in [0.2, 0.25) is 0 Å². The Kier molecular flexibility index (Phi) is 3.99. The predicted octanol–water partition coefficient (Wildman–Crippen LogP) is 4.97. The minimum atomic E-state index is -2.69. The maximum atomic E-state index is 13.8. The van der Waals surface area contributed by atoms with Crippen molar-refractivity contribution in [3.63, 3.8) is 0 Å². The summed E-state index contributed by atoms with van der Waals surface area (Å²) in [7, 11) is 0. The fourth-order valence-corrected chi connectivity index (χ4v) is 2.08. The highest BCUT2D eigenvalue weighted by Gasteiger charge is 2.22. The third-order valence-electron chi connectivity index (χ3n) is 2.71. The first-order valence-corrected chi connectivity index (χ1v) is 6.52. The highest BCUT2D eigenvalue weighted by atomic mass is 79.9. The molecule has 1 aromatic carbocycles. The normalized spacial score (nSPS) is 11.6. The van der Waals surface area contributed by atoms with Crippen molar-refractivity contribution in [3.8, 4) is 11.3 Å². The van der Waals surface area contributed by atoms with Gasteiger partial charge in [-0.05, 0) is 32.0 Å². The Morgan fingerprint density at radius 1 is 1.26 bits per heavy atom. The van der Waals surface area contributed by atoms with Crippen LogP contribution in [0.15, 0.2) is 28.9 Å². The standard InChI is InChI=1S/C13H12BrF3N2/c1-7(2)19-6-10(13(16)17)12(18-19)9-5-8(14)3-4-11(9)15/h3-7,13H,1-2H3. The van der Waals surface area contributed by atoms with Crippen molar-refractivity contribution in [2.45, 2.75) is 26.3 Å². The van der Waals surface area contributed by atoms with E-state index >= 15 is 0 Å². The second-order valence-corrected chi connectivity index (χ2v) is 5.35. The number of rotatable bonds is 3. The minimum absolute atomic E-state index is 0.0116. The fraction of sp³-hybridized carbons (Fsp3) is 0.308. The lowest BCUT2D eigenvalue weighted by atomic mass is 10.1. The maximum absolute atomic E-state index is 13.8. The third-order valence-corrected chi connectivity index (χ3v) is 3.20. The summed E-state index contributed by atoms with van der Waals surface area (Å²) in [5.74, 6) is -0.570. The van der Waals surface area contributed by atoms with Gasteiger partial charge in [-0.1, -0.05) is 15.9 Å². The topological polar surface area (TPSA) is 17.8 Å². The molecule has 0 N–H and O–H groups in total. The van der Waals surface area contributed by atoms with Crippen molar-refractivity contribution in [2.75, 3.05) is 0 Å². The van der Waals surface area contributed by atoms with E-state index in [1.165, 1.54) is 29.1 Å². The third kappa shape index (κ3) is 2.83. The zero-order chi connectivity index (χ0) is 14.2. The molecule has 0 bridgehead atoms. The molecule has 0 fully saturated rings. The van der Waals surface area contributed by atoms with Crippen LogP contribution >= 0.6 is 15.9 Å². The summed E-state index contributed by atoms with van der Waals surface area (Å²) < 4.78 is 41.9.